The Morgan fingerprint density at radius 3 is 2.41 bits per heavy atom. The topological polar surface area (TPSA) is 93.5 Å². The van der Waals surface area contributed by atoms with E-state index in [0.717, 1.165) is 5.56 Å². The third-order valence-electron chi connectivity index (χ3n) is 5.03. The first-order valence-electron chi connectivity index (χ1n) is 10.9. The molecule has 0 saturated heterocycles. The average Bonchev–Trinajstić information content (AvgIpc) is 2.96. The molecule has 0 aliphatic carbocycles. The first kappa shape index (κ1) is 25.1. The van der Waals surface area contributed by atoms with Gasteiger partial charge in [-0.05, 0) is 65.7 Å². The molecule has 0 unspecified atom stereocenters. The van der Waals surface area contributed by atoms with E-state index < -0.39 is 11.5 Å². The van der Waals surface area contributed by atoms with Gasteiger partial charge in [-0.15, -0.1) is 0 Å². The number of ketones is 1. The van der Waals surface area contributed by atoms with Crippen molar-refractivity contribution in [3.63, 3.8) is 0 Å². The van der Waals surface area contributed by atoms with Crippen molar-refractivity contribution in [1.29, 1.82) is 0 Å². The van der Waals surface area contributed by atoms with E-state index in [-0.39, 0.29) is 31.5 Å². The van der Waals surface area contributed by atoms with E-state index in [9.17, 15) is 14.4 Å². The van der Waals surface area contributed by atoms with Crippen LogP contribution in [0.4, 0.5) is 4.79 Å². The number of Topliss-reactive ketones (excluding diaryl/α,β-unsaturated/α-hetero) is 1. The van der Waals surface area contributed by atoms with Gasteiger partial charge in [0, 0.05) is 42.3 Å². The molecule has 2 aromatic rings. The Morgan fingerprint density at radius 2 is 1.88 bits per heavy atom. The summed E-state index contributed by atoms with van der Waals surface area (Å²) in [4.78, 5) is 44.5. The van der Waals surface area contributed by atoms with Gasteiger partial charge in [-0.2, -0.15) is 0 Å². The number of rotatable bonds is 8. The van der Waals surface area contributed by atoms with Crippen LogP contribution in [0.25, 0.3) is 0 Å². The van der Waals surface area contributed by atoms with Crippen molar-refractivity contribution in [2.75, 3.05) is 13.2 Å². The number of urea groups is 1. The molecule has 0 radical (unpaired) electrons. The normalized spacial score (nSPS) is 11.2. The standard InChI is InChI=1S/C24H34N4O4/c1-8-28-17(4)20(16(3)21(28)22(30)32-9-2)19(29)15-27(23(31)26-24(5,6)7)14-18-11-10-12-25-13-18/h10-13H,8-9,14-15H2,1-7H3,(H,26,31). The maximum atomic E-state index is 13.4. The third-order valence-corrected chi connectivity index (χ3v) is 5.03. The molecule has 2 aromatic heterocycles. The van der Waals surface area contributed by atoms with Crippen LogP contribution in [-0.2, 0) is 17.8 Å². The van der Waals surface area contributed by atoms with Crippen LogP contribution >= 0.6 is 0 Å². The lowest BCUT2D eigenvalue weighted by Gasteiger charge is -2.28. The zero-order chi connectivity index (χ0) is 24.1. The Morgan fingerprint density at radius 1 is 1.19 bits per heavy atom. The van der Waals surface area contributed by atoms with Gasteiger partial charge in [0.1, 0.15) is 5.69 Å². The molecule has 8 nitrogen and oxygen atoms in total. The highest BCUT2D eigenvalue weighted by atomic mass is 16.5. The number of hydrogen-bond acceptors (Lipinski definition) is 5. The summed E-state index contributed by atoms with van der Waals surface area (Å²) in [6, 6.07) is 3.31. The number of ether oxygens (including phenoxy) is 1. The predicted octanol–water partition coefficient (Wildman–Crippen LogP) is 3.89. The smallest absolute Gasteiger partial charge is 0.355 e. The molecule has 0 bridgehead atoms. The van der Waals surface area contributed by atoms with Gasteiger partial charge < -0.3 is 19.5 Å². The SMILES string of the molecule is CCOC(=O)c1c(C)c(C(=O)CN(Cc2cccnc2)C(=O)NC(C)(C)C)c(C)n1CC. The quantitative estimate of drug-likeness (QED) is 0.494. The fraction of sp³-hybridized carbons (Fsp3) is 0.500. The monoisotopic (exact) mass is 442 g/mol. The third kappa shape index (κ3) is 5.96. The second-order valence-corrected chi connectivity index (χ2v) is 8.72. The van der Waals surface area contributed by atoms with Crippen molar-refractivity contribution >= 4 is 17.8 Å². The number of aromatic nitrogens is 2. The Kier molecular flexibility index (Phi) is 8.19. The highest BCUT2D eigenvalue weighted by molar-refractivity contribution is 6.04. The molecular formula is C24H34N4O4. The van der Waals surface area contributed by atoms with Crippen LogP contribution < -0.4 is 5.32 Å². The van der Waals surface area contributed by atoms with Crippen molar-refractivity contribution in [1.82, 2.24) is 19.8 Å². The predicted molar refractivity (Wildman–Crippen MR) is 123 cm³/mol. The van der Waals surface area contributed by atoms with Crippen molar-refractivity contribution < 1.29 is 19.1 Å². The lowest BCUT2D eigenvalue weighted by molar-refractivity contribution is 0.0512. The van der Waals surface area contributed by atoms with E-state index in [1.54, 1.807) is 36.9 Å². The number of nitrogens with zero attached hydrogens (tertiary/aromatic N) is 3. The largest absolute Gasteiger partial charge is 0.461 e. The molecule has 32 heavy (non-hydrogen) atoms. The summed E-state index contributed by atoms with van der Waals surface area (Å²) in [7, 11) is 0. The zero-order valence-corrected chi connectivity index (χ0v) is 20.1. The molecule has 0 aliphatic heterocycles. The average molecular weight is 443 g/mol. The maximum absolute atomic E-state index is 13.4. The van der Waals surface area contributed by atoms with E-state index in [1.165, 1.54) is 4.90 Å². The highest BCUT2D eigenvalue weighted by Gasteiger charge is 2.29. The number of pyridine rings is 1. The van der Waals surface area contributed by atoms with Crippen molar-refractivity contribution in [3.05, 3.63) is 52.6 Å². The summed E-state index contributed by atoms with van der Waals surface area (Å²) < 4.78 is 6.99. The first-order chi connectivity index (χ1) is 15.0. The lowest BCUT2D eigenvalue weighted by atomic mass is 10.0. The summed E-state index contributed by atoms with van der Waals surface area (Å²) in [5.74, 6) is -0.683. The second kappa shape index (κ2) is 10.4. The van der Waals surface area contributed by atoms with Crippen LogP contribution in [0, 0.1) is 13.8 Å². The minimum absolute atomic E-state index is 0.130. The highest BCUT2D eigenvalue weighted by Crippen LogP contribution is 2.24. The second-order valence-electron chi connectivity index (χ2n) is 8.72. The van der Waals surface area contributed by atoms with Gasteiger partial charge in [0.05, 0.1) is 13.2 Å². The van der Waals surface area contributed by atoms with Gasteiger partial charge in [0.25, 0.3) is 0 Å². The number of carbonyl (C=O) groups excluding carboxylic acids is 3. The van der Waals surface area contributed by atoms with Crippen LogP contribution in [0.2, 0.25) is 0 Å². The number of amides is 2. The van der Waals surface area contributed by atoms with E-state index in [4.69, 9.17) is 4.74 Å². The van der Waals surface area contributed by atoms with Gasteiger partial charge >= 0.3 is 12.0 Å². The van der Waals surface area contributed by atoms with Crippen LogP contribution in [0.3, 0.4) is 0 Å². The molecule has 8 heteroatoms. The molecule has 1 N–H and O–H groups in total. The van der Waals surface area contributed by atoms with Crippen molar-refractivity contribution in [2.24, 2.45) is 0 Å². The number of hydrogen-bond donors (Lipinski definition) is 1. The first-order valence-corrected chi connectivity index (χ1v) is 10.9. The molecule has 174 valence electrons. The Bertz CT molecular complexity index is 974. The summed E-state index contributed by atoms with van der Waals surface area (Å²) in [6.07, 6.45) is 3.33. The fourth-order valence-electron chi connectivity index (χ4n) is 3.73. The molecule has 2 amide bonds. The molecule has 0 fully saturated rings. The summed E-state index contributed by atoms with van der Waals surface area (Å²) in [6.45, 7) is 13.8. The minimum Gasteiger partial charge on any atom is -0.461 e. The van der Waals surface area contributed by atoms with E-state index in [0.29, 0.717) is 29.1 Å². The maximum Gasteiger partial charge on any atom is 0.355 e. The van der Waals surface area contributed by atoms with Gasteiger partial charge in [0.2, 0.25) is 0 Å². The minimum atomic E-state index is -0.457. The molecule has 2 heterocycles. The molecule has 0 aromatic carbocycles. The summed E-state index contributed by atoms with van der Waals surface area (Å²) in [5, 5.41) is 2.92. The Labute approximate surface area is 190 Å². The molecule has 0 atom stereocenters. The van der Waals surface area contributed by atoms with E-state index in [1.807, 2.05) is 40.7 Å². The van der Waals surface area contributed by atoms with E-state index >= 15 is 0 Å². The molecule has 0 aliphatic rings. The van der Waals surface area contributed by atoms with Crippen LogP contribution in [0.1, 0.15) is 72.3 Å². The number of esters is 1. The summed E-state index contributed by atoms with van der Waals surface area (Å²) >= 11 is 0. The Balaban J connectivity index is 2.40. The van der Waals surface area contributed by atoms with Crippen LogP contribution in [0.15, 0.2) is 24.5 Å². The van der Waals surface area contributed by atoms with E-state index in [2.05, 4.69) is 10.3 Å². The molecule has 0 spiro atoms. The van der Waals surface area contributed by atoms with Crippen LogP contribution in [0.5, 0.6) is 0 Å². The molecule has 0 saturated carbocycles. The number of carbonyl (C=O) groups is 3. The summed E-state index contributed by atoms with van der Waals surface area (Å²) in [5.41, 5.74) is 2.46. The fourth-order valence-corrected chi connectivity index (χ4v) is 3.73. The lowest BCUT2D eigenvalue weighted by Crippen LogP contribution is -2.49. The molecule has 2 rings (SSSR count). The molecular weight excluding hydrogens is 408 g/mol. The van der Waals surface area contributed by atoms with Gasteiger partial charge in [-0.1, -0.05) is 6.07 Å². The Hall–Kier alpha value is -3.16. The van der Waals surface area contributed by atoms with Gasteiger partial charge in [-0.3, -0.25) is 9.78 Å². The van der Waals surface area contributed by atoms with Gasteiger partial charge in [0.15, 0.2) is 5.78 Å². The van der Waals surface area contributed by atoms with Crippen LogP contribution in [-0.4, -0.2) is 50.9 Å². The van der Waals surface area contributed by atoms with Crippen molar-refractivity contribution in [3.8, 4) is 0 Å². The van der Waals surface area contributed by atoms with Gasteiger partial charge in [-0.25, -0.2) is 9.59 Å². The van der Waals surface area contributed by atoms with Crippen molar-refractivity contribution in [2.45, 2.75) is 67.1 Å². The zero-order valence-electron chi connectivity index (χ0n) is 20.1. The number of nitrogens with one attached hydrogen (secondary N) is 1.